The molecule has 62 valence electrons. The molecule has 2 N–H and O–H groups in total. The lowest BCUT2D eigenvalue weighted by atomic mass is 10.6. The molecule has 0 saturated heterocycles. The zero-order valence-corrected chi connectivity index (χ0v) is 5.76. The maximum absolute atomic E-state index is 9.71. The highest BCUT2D eigenvalue weighted by Gasteiger charge is 1.96. The van der Waals surface area contributed by atoms with Gasteiger partial charge in [-0.1, -0.05) is 0 Å². The highest BCUT2D eigenvalue weighted by atomic mass is 16.3. The van der Waals surface area contributed by atoms with Gasteiger partial charge in [0.15, 0.2) is 11.6 Å². The fourth-order valence-corrected chi connectivity index (χ4v) is 0.567. The van der Waals surface area contributed by atoms with E-state index in [-0.39, 0.29) is 11.6 Å². The van der Waals surface area contributed by atoms with Crippen LogP contribution in [0.2, 0.25) is 0 Å². The Kier molecular flexibility index (Phi) is 2.60. The molecular weight excluding hydrogens is 164 g/mol. The number of hydrogen-bond donors (Lipinski definition) is 2. The third kappa shape index (κ3) is 1.94. The number of hydrogen-bond acceptors (Lipinski definition) is 6. The fraction of sp³-hybridized carbons (Fsp3) is 0. The van der Waals surface area contributed by atoms with Gasteiger partial charge in [-0.25, -0.2) is 15.8 Å². The Morgan fingerprint density at radius 3 is 2.00 bits per heavy atom. The lowest BCUT2D eigenvalue weighted by molar-refractivity contribution is 1.12. The van der Waals surface area contributed by atoms with Crippen molar-refractivity contribution in [2.75, 3.05) is 10.9 Å². The average molecular weight is 168 g/mol. The molecule has 0 atom stereocenters. The predicted molar refractivity (Wildman–Crippen MR) is 40.9 cm³/mol. The van der Waals surface area contributed by atoms with Crippen LogP contribution >= 0.6 is 0 Å². The van der Waals surface area contributed by atoms with E-state index in [4.69, 9.17) is 0 Å². The first-order chi connectivity index (χ1) is 5.86. The molecule has 0 amide bonds. The van der Waals surface area contributed by atoms with Crippen molar-refractivity contribution in [3.63, 3.8) is 0 Å². The molecule has 1 aromatic rings. The van der Waals surface area contributed by atoms with Crippen molar-refractivity contribution in [3.8, 4) is 0 Å². The Morgan fingerprint density at radius 2 is 1.58 bits per heavy atom. The summed E-state index contributed by atoms with van der Waals surface area (Å²) in [6, 6.07) is 0. The van der Waals surface area contributed by atoms with Crippen LogP contribution in [0, 0.1) is 9.81 Å². The molecule has 8 heteroatoms. The summed E-state index contributed by atoms with van der Waals surface area (Å²) in [5, 5.41) is 4.74. The zero-order valence-electron chi connectivity index (χ0n) is 5.76. The Balaban J connectivity index is 2.79. The molecule has 0 spiro atoms. The minimum Gasteiger partial charge on any atom is -0.257 e. The molecule has 0 aliphatic carbocycles. The summed E-state index contributed by atoms with van der Waals surface area (Å²) in [6.45, 7) is 0. The van der Waals surface area contributed by atoms with Crippen LogP contribution in [-0.2, 0) is 0 Å². The second-order valence-electron chi connectivity index (χ2n) is 1.70. The molecule has 1 heterocycles. The summed E-state index contributed by atoms with van der Waals surface area (Å²) < 4.78 is 0. The van der Waals surface area contributed by atoms with Crippen LogP contribution in [0.1, 0.15) is 0 Å². The lowest BCUT2D eigenvalue weighted by Crippen LogP contribution is -1.96. The van der Waals surface area contributed by atoms with Crippen molar-refractivity contribution in [1.29, 1.82) is 0 Å². The van der Waals surface area contributed by atoms with Gasteiger partial charge in [-0.15, -0.1) is 9.81 Å². The predicted octanol–water partition coefficient (Wildman–Crippen LogP) is 0.663. The summed E-state index contributed by atoms with van der Waals surface area (Å²) in [5.41, 5.74) is 4.04. The quantitative estimate of drug-likeness (QED) is 0.505. The van der Waals surface area contributed by atoms with Crippen LogP contribution < -0.4 is 10.9 Å². The fourth-order valence-electron chi connectivity index (χ4n) is 0.567. The van der Waals surface area contributed by atoms with Crippen LogP contribution in [0.5, 0.6) is 0 Å². The molecule has 8 nitrogen and oxygen atoms in total. The van der Waals surface area contributed by atoms with Gasteiger partial charge in [0.25, 0.3) is 0 Å². The van der Waals surface area contributed by atoms with E-state index in [1.165, 1.54) is 12.4 Å². The van der Waals surface area contributed by atoms with Crippen molar-refractivity contribution in [2.24, 2.45) is 10.6 Å². The number of rotatable bonds is 4. The van der Waals surface area contributed by atoms with Gasteiger partial charge in [0.05, 0.1) is 23.0 Å². The first-order valence-electron chi connectivity index (χ1n) is 2.85. The van der Waals surface area contributed by atoms with E-state index in [0.717, 1.165) is 0 Å². The SMILES string of the molecule is O=NNc1cncc(NN=O)n1. The summed E-state index contributed by atoms with van der Waals surface area (Å²) in [4.78, 5) is 26.7. The Bertz CT molecular complexity index is 263. The van der Waals surface area contributed by atoms with Crippen molar-refractivity contribution in [1.82, 2.24) is 9.97 Å². The summed E-state index contributed by atoms with van der Waals surface area (Å²) in [5.74, 6) is 0.275. The van der Waals surface area contributed by atoms with Gasteiger partial charge >= 0.3 is 0 Å². The van der Waals surface area contributed by atoms with Crippen molar-refractivity contribution >= 4 is 11.6 Å². The first kappa shape index (κ1) is 7.98. The second-order valence-corrected chi connectivity index (χ2v) is 1.70. The van der Waals surface area contributed by atoms with E-state index in [2.05, 4.69) is 20.5 Å². The van der Waals surface area contributed by atoms with E-state index in [9.17, 15) is 9.81 Å². The number of nitrogens with zero attached hydrogens (tertiary/aromatic N) is 4. The summed E-state index contributed by atoms with van der Waals surface area (Å²) in [7, 11) is 0. The Hall–Kier alpha value is -2.12. The molecule has 0 aliphatic heterocycles. The molecule has 1 aromatic heterocycles. The second kappa shape index (κ2) is 3.91. The Morgan fingerprint density at radius 1 is 1.08 bits per heavy atom. The molecule has 0 unspecified atom stereocenters. The molecular formula is C4H4N6O2. The molecule has 0 radical (unpaired) electrons. The third-order valence-electron chi connectivity index (χ3n) is 0.955. The topological polar surface area (TPSA) is 109 Å². The van der Waals surface area contributed by atoms with E-state index in [0.29, 0.717) is 0 Å². The lowest BCUT2D eigenvalue weighted by Gasteiger charge is -1.97. The number of aromatic nitrogens is 2. The summed E-state index contributed by atoms with van der Waals surface area (Å²) in [6.07, 6.45) is 2.55. The van der Waals surface area contributed by atoms with Gasteiger partial charge in [-0.3, -0.25) is 4.98 Å². The summed E-state index contributed by atoms with van der Waals surface area (Å²) >= 11 is 0. The zero-order chi connectivity index (χ0) is 8.81. The first-order valence-corrected chi connectivity index (χ1v) is 2.85. The third-order valence-corrected chi connectivity index (χ3v) is 0.955. The van der Waals surface area contributed by atoms with Crippen LogP contribution in [0.3, 0.4) is 0 Å². The van der Waals surface area contributed by atoms with Crippen molar-refractivity contribution in [2.45, 2.75) is 0 Å². The normalized spacial score (nSPS) is 8.67. The van der Waals surface area contributed by atoms with E-state index < -0.39 is 0 Å². The van der Waals surface area contributed by atoms with Crippen LogP contribution in [0.25, 0.3) is 0 Å². The smallest absolute Gasteiger partial charge is 0.169 e. The van der Waals surface area contributed by atoms with Crippen molar-refractivity contribution in [3.05, 3.63) is 22.2 Å². The molecule has 0 aromatic carbocycles. The monoisotopic (exact) mass is 168 g/mol. The molecule has 0 aliphatic rings. The van der Waals surface area contributed by atoms with Crippen LogP contribution in [0.15, 0.2) is 23.0 Å². The van der Waals surface area contributed by atoms with Gasteiger partial charge in [0.1, 0.15) is 0 Å². The van der Waals surface area contributed by atoms with Crippen molar-refractivity contribution < 1.29 is 0 Å². The van der Waals surface area contributed by atoms with E-state index >= 15 is 0 Å². The molecule has 0 saturated carbocycles. The van der Waals surface area contributed by atoms with E-state index in [1.807, 2.05) is 10.9 Å². The van der Waals surface area contributed by atoms with Gasteiger partial charge in [0, 0.05) is 0 Å². The average Bonchev–Trinajstić information content (AvgIpc) is 2.06. The highest BCUT2D eigenvalue weighted by molar-refractivity contribution is 5.40. The van der Waals surface area contributed by atoms with Gasteiger partial charge in [0.2, 0.25) is 0 Å². The van der Waals surface area contributed by atoms with Crippen LogP contribution in [-0.4, -0.2) is 9.97 Å². The number of nitrogens with one attached hydrogen (secondary N) is 2. The Labute approximate surface area is 66.3 Å². The van der Waals surface area contributed by atoms with Gasteiger partial charge < -0.3 is 0 Å². The van der Waals surface area contributed by atoms with Gasteiger partial charge in [-0.05, 0) is 0 Å². The number of anilines is 2. The molecule has 0 fully saturated rings. The molecule has 0 bridgehead atoms. The molecule has 1 rings (SSSR count). The van der Waals surface area contributed by atoms with Crippen LogP contribution in [0.4, 0.5) is 11.6 Å². The van der Waals surface area contributed by atoms with Gasteiger partial charge in [-0.2, -0.15) is 0 Å². The highest BCUT2D eigenvalue weighted by Crippen LogP contribution is 2.05. The standard InChI is InChI=1S/C4H4N6O2/c11-9-7-3-1-5-2-4(6-3)8-10-12/h1-2H,(H2,6,7,8,11,12). The maximum Gasteiger partial charge on any atom is 0.169 e. The largest absolute Gasteiger partial charge is 0.257 e. The van der Waals surface area contributed by atoms with E-state index in [1.54, 1.807) is 0 Å². The maximum atomic E-state index is 9.71. The molecule has 12 heavy (non-hydrogen) atoms. The minimum absolute atomic E-state index is 0.138. The minimum atomic E-state index is 0.138. The number of nitroso groups, excluding NO2 is 2.